The SMILES string of the molecule is CN(C)C1CCN(c2ccc(NC(=O)c3ccc(-c4cccc(C(F)(F)F)c4)cc3)cc2)C1. The molecule has 0 aliphatic carbocycles. The van der Waals surface area contributed by atoms with Crippen LogP contribution in [0, 0.1) is 0 Å². The van der Waals surface area contributed by atoms with Gasteiger partial charge in [0, 0.05) is 36.1 Å². The lowest BCUT2D eigenvalue weighted by atomic mass is 10.0. The second-order valence-corrected chi connectivity index (χ2v) is 8.51. The predicted molar refractivity (Wildman–Crippen MR) is 126 cm³/mol. The van der Waals surface area contributed by atoms with E-state index in [-0.39, 0.29) is 5.91 Å². The zero-order valence-electron chi connectivity index (χ0n) is 18.6. The molecule has 3 aromatic rings. The fourth-order valence-corrected chi connectivity index (χ4v) is 4.05. The average Bonchev–Trinajstić information content (AvgIpc) is 3.30. The van der Waals surface area contributed by atoms with Crippen LogP contribution >= 0.6 is 0 Å². The Kier molecular flexibility index (Phi) is 6.42. The summed E-state index contributed by atoms with van der Waals surface area (Å²) >= 11 is 0. The molecule has 7 heteroatoms. The van der Waals surface area contributed by atoms with Crippen LogP contribution in [0.15, 0.2) is 72.8 Å². The van der Waals surface area contributed by atoms with Gasteiger partial charge < -0.3 is 15.1 Å². The Morgan fingerprint density at radius 2 is 1.67 bits per heavy atom. The maximum absolute atomic E-state index is 13.0. The largest absolute Gasteiger partial charge is 0.416 e. The molecule has 1 aliphatic rings. The number of anilines is 2. The summed E-state index contributed by atoms with van der Waals surface area (Å²) in [4.78, 5) is 17.2. The Labute approximate surface area is 191 Å². The summed E-state index contributed by atoms with van der Waals surface area (Å²) in [6.45, 7) is 1.99. The van der Waals surface area contributed by atoms with Gasteiger partial charge in [0.15, 0.2) is 0 Å². The second-order valence-electron chi connectivity index (χ2n) is 8.51. The molecule has 172 valence electrons. The van der Waals surface area contributed by atoms with Crippen LogP contribution in [-0.4, -0.2) is 44.0 Å². The normalized spacial score (nSPS) is 16.3. The van der Waals surface area contributed by atoms with Gasteiger partial charge in [0.05, 0.1) is 5.56 Å². The van der Waals surface area contributed by atoms with Gasteiger partial charge in [-0.2, -0.15) is 13.2 Å². The molecular formula is C26H26F3N3O. The third-order valence-corrected chi connectivity index (χ3v) is 6.05. The molecule has 0 saturated carbocycles. The van der Waals surface area contributed by atoms with Gasteiger partial charge in [0.1, 0.15) is 0 Å². The highest BCUT2D eigenvalue weighted by atomic mass is 19.4. The van der Waals surface area contributed by atoms with Crippen molar-refractivity contribution in [3.8, 4) is 11.1 Å². The lowest BCUT2D eigenvalue weighted by Crippen LogP contribution is -2.31. The molecule has 1 saturated heterocycles. The Balaban J connectivity index is 1.40. The number of likely N-dealkylation sites (N-methyl/N-ethyl adjacent to an activating group) is 1. The first-order valence-electron chi connectivity index (χ1n) is 10.8. The standard InChI is InChI=1S/C26H26F3N3O/c1-31(2)24-14-15-32(17-24)23-12-10-22(11-13-23)30-25(33)19-8-6-18(7-9-19)20-4-3-5-21(16-20)26(27,28)29/h3-13,16,24H,14-15,17H2,1-2H3,(H,30,33). The summed E-state index contributed by atoms with van der Waals surface area (Å²) in [7, 11) is 4.19. The first kappa shape index (κ1) is 22.9. The van der Waals surface area contributed by atoms with E-state index in [2.05, 4.69) is 29.2 Å². The van der Waals surface area contributed by atoms with E-state index in [1.165, 1.54) is 6.07 Å². The molecule has 1 N–H and O–H groups in total. The van der Waals surface area contributed by atoms with Crippen LogP contribution in [0.4, 0.5) is 24.5 Å². The third-order valence-electron chi connectivity index (χ3n) is 6.05. The maximum atomic E-state index is 13.0. The van der Waals surface area contributed by atoms with Crippen LogP contribution in [0.3, 0.4) is 0 Å². The zero-order chi connectivity index (χ0) is 23.6. The highest BCUT2D eigenvalue weighted by Gasteiger charge is 2.30. The molecule has 1 unspecified atom stereocenters. The number of rotatable bonds is 5. The fourth-order valence-electron chi connectivity index (χ4n) is 4.05. The van der Waals surface area contributed by atoms with Crippen LogP contribution in [0.5, 0.6) is 0 Å². The van der Waals surface area contributed by atoms with E-state index in [0.29, 0.717) is 28.4 Å². The first-order chi connectivity index (χ1) is 15.7. The van der Waals surface area contributed by atoms with E-state index in [9.17, 15) is 18.0 Å². The van der Waals surface area contributed by atoms with Gasteiger partial charge in [-0.25, -0.2) is 0 Å². The molecule has 33 heavy (non-hydrogen) atoms. The number of alkyl halides is 3. The molecule has 0 radical (unpaired) electrons. The monoisotopic (exact) mass is 453 g/mol. The molecule has 1 aliphatic heterocycles. The van der Waals surface area contributed by atoms with Crippen LogP contribution in [0.25, 0.3) is 11.1 Å². The number of hydrogen-bond donors (Lipinski definition) is 1. The van der Waals surface area contributed by atoms with E-state index in [1.807, 2.05) is 24.3 Å². The smallest absolute Gasteiger partial charge is 0.370 e. The second kappa shape index (κ2) is 9.27. The molecule has 4 rings (SSSR count). The quantitative estimate of drug-likeness (QED) is 0.533. The van der Waals surface area contributed by atoms with E-state index in [4.69, 9.17) is 0 Å². The lowest BCUT2D eigenvalue weighted by molar-refractivity contribution is -0.137. The number of amides is 1. The third kappa shape index (κ3) is 5.37. The van der Waals surface area contributed by atoms with Gasteiger partial charge in [-0.3, -0.25) is 4.79 Å². The predicted octanol–water partition coefficient (Wildman–Crippen LogP) is 5.77. The van der Waals surface area contributed by atoms with Gasteiger partial charge in [0.25, 0.3) is 5.91 Å². The molecule has 1 heterocycles. The Hall–Kier alpha value is -3.32. The molecule has 1 fully saturated rings. The maximum Gasteiger partial charge on any atom is 0.416 e. The highest BCUT2D eigenvalue weighted by Crippen LogP contribution is 2.32. The van der Waals surface area contributed by atoms with Gasteiger partial charge >= 0.3 is 6.18 Å². The fraction of sp³-hybridized carbons (Fsp3) is 0.269. The number of nitrogens with one attached hydrogen (secondary N) is 1. The number of nitrogens with zero attached hydrogens (tertiary/aromatic N) is 2. The van der Waals surface area contributed by atoms with Crippen molar-refractivity contribution >= 4 is 17.3 Å². The number of carbonyl (C=O) groups excluding carboxylic acids is 1. The summed E-state index contributed by atoms with van der Waals surface area (Å²) in [5.74, 6) is -0.271. The van der Waals surface area contributed by atoms with E-state index in [0.717, 1.165) is 37.3 Å². The van der Waals surface area contributed by atoms with Crippen molar-refractivity contribution in [1.82, 2.24) is 4.90 Å². The number of benzene rings is 3. The average molecular weight is 454 g/mol. The van der Waals surface area contributed by atoms with Gasteiger partial charge in [-0.1, -0.05) is 24.3 Å². The summed E-state index contributed by atoms with van der Waals surface area (Å²) in [6.07, 6.45) is -3.27. The van der Waals surface area contributed by atoms with Crippen molar-refractivity contribution in [2.75, 3.05) is 37.4 Å². The van der Waals surface area contributed by atoms with Crippen molar-refractivity contribution in [2.24, 2.45) is 0 Å². The summed E-state index contributed by atoms with van der Waals surface area (Å²) in [6, 6.07) is 20.0. The van der Waals surface area contributed by atoms with Gasteiger partial charge in [-0.15, -0.1) is 0 Å². The van der Waals surface area contributed by atoms with E-state index in [1.54, 1.807) is 30.3 Å². The van der Waals surface area contributed by atoms with Crippen molar-refractivity contribution in [3.05, 3.63) is 83.9 Å². The molecule has 0 bridgehead atoms. The van der Waals surface area contributed by atoms with Crippen molar-refractivity contribution in [2.45, 2.75) is 18.6 Å². The Morgan fingerprint density at radius 3 is 2.27 bits per heavy atom. The molecule has 3 aromatic carbocycles. The zero-order valence-corrected chi connectivity index (χ0v) is 18.6. The van der Waals surface area contributed by atoms with Gasteiger partial charge in [0.2, 0.25) is 0 Å². The minimum Gasteiger partial charge on any atom is -0.370 e. The van der Waals surface area contributed by atoms with Crippen LogP contribution in [-0.2, 0) is 6.18 Å². The van der Waals surface area contributed by atoms with Crippen LogP contribution < -0.4 is 10.2 Å². The first-order valence-corrected chi connectivity index (χ1v) is 10.8. The molecule has 0 spiro atoms. The molecule has 1 amide bonds. The number of carbonyl (C=O) groups is 1. The number of hydrogen-bond acceptors (Lipinski definition) is 3. The summed E-state index contributed by atoms with van der Waals surface area (Å²) in [5.41, 5.74) is 2.62. The minimum absolute atomic E-state index is 0.271. The lowest BCUT2D eigenvalue weighted by Gasteiger charge is -2.22. The molecule has 1 atom stereocenters. The molecule has 4 nitrogen and oxygen atoms in total. The van der Waals surface area contributed by atoms with E-state index >= 15 is 0 Å². The van der Waals surface area contributed by atoms with E-state index < -0.39 is 11.7 Å². The summed E-state index contributed by atoms with van der Waals surface area (Å²) < 4.78 is 38.9. The van der Waals surface area contributed by atoms with Gasteiger partial charge in [-0.05, 0) is 80.2 Å². The Morgan fingerprint density at radius 1 is 0.970 bits per heavy atom. The van der Waals surface area contributed by atoms with Crippen molar-refractivity contribution in [3.63, 3.8) is 0 Å². The molecule has 0 aromatic heterocycles. The summed E-state index contributed by atoms with van der Waals surface area (Å²) in [5, 5.41) is 2.88. The number of halogens is 3. The molecular weight excluding hydrogens is 427 g/mol. The Bertz CT molecular complexity index is 1110. The van der Waals surface area contributed by atoms with Crippen LogP contribution in [0.1, 0.15) is 22.3 Å². The van der Waals surface area contributed by atoms with Crippen LogP contribution in [0.2, 0.25) is 0 Å². The van der Waals surface area contributed by atoms with Crippen molar-refractivity contribution < 1.29 is 18.0 Å². The minimum atomic E-state index is -4.39. The highest BCUT2D eigenvalue weighted by molar-refractivity contribution is 6.04. The topological polar surface area (TPSA) is 35.6 Å². The van der Waals surface area contributed by atoms with Crippen molar-refractivity contribution in [1.29, 1.82) is 0 Å².